The molecule has 16 heavy (non-hydrogen) atoms. The van der Waals surface area contributed by atoms with E-state index in [-0.39, 0.29) is 0 Å². The van der Waals surface area contributed by atoms with Gasteiger partial charge < -0.3 is 0 Å². The number of aryl methyl sites for hydroxylation is 1. The summed E-state index contributed by atoms with van der Waals surface area (Å²) in [6.45, 7) is 6.15. The van der Waals surface area contributed by atoms with Crippen LogP contribution in [-0.4, -0.2) is 0 Å². The predicted octanol–water partition coefficient (Wildman–Crippen LogP) is 2.88. The Morgan fingerprint density at radius 1 is 1.31 bits per heavy atom. The number of hydrogen-bond acceptors (Lipinski definition) is 0. The molecule has 1 nitrogen and oxygen atoms in total. The van der Waals surface area contributed by atoms with Gasteiger partial charge in [-0.2, -0.15) is 0 Å². The second-order valence-corrected chi connectivity index (χ2v) is 4.08. The number of nitrogens with zero attached hydrogens (tertiary/aromatic N) is 1. The average Bonchev–Trinajstić information content (AvgIpc) is 2.26. The first-order valence-corrected chi connectivity index (χ1v) is 5.33. The Labute approximate surface area is 98.1 Å². The van der Waals surface area contributed by atoms with Gasteiger partial charge in [-0.3, -0.25) is 0 Å². The van der Waals surface area contributed by atoms with Gasteiger partial charge in [-0.1, -0.05) is 11.5 Å². The van der Waals surface area contributed by atoms with Crippen LogP contribution in [0.5, 0.6) is 0 Å². The summed E-state index contributed by atoms with van der Waals surface area (Å²) in [5.74, 6) is 2.66. The summed E-state index contributed by atoms with van der Waals surface area (Å²) in [5, 5.41) is 0. The number of rotatable bonds is 2. The summed E-state index contributed by atoms with van der Waals surface area (Å²) in [4.78, 5) is 0. The first kappa shape index (κ1) is 12.3. The van der Waals surface area contributed by atoms with Gasteiger partial charge in [-0.15, -0.1) is 6.42 Å². The Bertz CT molecular complexity index is 480. The molecule has 0 atom stereocenters. The van der Waals surface area contributed by atoms with Crippen LogP contribution in [-0.2, 0) is 7.05 Å². The molecule has 0 unspecified atom stereocenters. The van der Waals surface area contributed by atoms with Crippen LogP contribution in [0, 0.1) is 12.3 Å². The van der Waals surface area contributed by atoms with Crippen molar-refractivity contribution in [2.45, 2.75) is 20.8 Å². The molecule has 0 spiro atoms. The smallest absolute Gasteiger partial charge is 0.201 e. The normalized spacial score (nSPS) is 10.8. The molecule has 0 radical (unpaired) electrons. The Hall–Kier alpha value is -1.81. The number of hydrogen-bond donors (Lipinski definition) is 0. The highest BCUT2D eigenvalue weighted by molar-refractivity contribution is 5.74. The van der Waals surface area contributed by atoms with Crippen molar-refractivity contribution in [2.24, 2.45) is 7.05 Å². The van der Waals surface area contributed by atoms with Crippen molar-refractivity contribution in [1.29, 1.82) is 0 Å². The van der Waals surface area contributed by atoms with Crippen LogP contribution < -0.4 is 4.57 Å². The van der Waals surface area contributed by atoms with Crippen molar-refractivity contribution >= 4 is 5.57 Å². The van der Waals surface area contributed by atoms with Gasteiger partial charge in [0.25, 0.3) is 0 Å². The molecule has 1 aromatic heterocycles. The lowest BCUT2D eigenvalue weighted by atomic mass is 10.0. The van der Waals surface area contributed by atoms with Gasteiger partial charge in [0.15, 0.2) is 6.20 Å². The largest absolute Gasteiger partial charge is 0.212 e. The van der Waals surface area contributed by atoms with Gasteiger partial charge in [0.1, 0.15) is 7.05 Å². The highest BCUT2D eigenvalue weighted by Crippen LogP contribution is 2.18. The maximum atomic E-state index is 5.39. The molecule has 0 N–H and O–H groups in total. The van der Waals surface area contributed by atoms with Gasteiger partial charge in [0, 0.05) is 17.7 Å². The van der Waals surface area contributed by atoms with E-state index >= 15 is 0 Å². The van der Waals surface area contributed by atoms with Crippen molar-refractivity contribution in [2.75, 3.05) is 0 Å². The summed E-state index contributed by atoms with van der Waals surface area (Å²) in [6.07, 6.45) is 9.49. The molecule has 1 heterocycles. The molecule has 0 aliphatic rings. The summed E-state index contributed by atoms with van der Waals surface area (Å²) in [5.41, 5.74) is 4.58. The number of terminal acetylenes is 1. The molecule has 0 aliphatic heterocycles. The van der Waals surface area contributed by atoms with Crippen LogP contribution >= 0.6 is 0 Å². The zero-order valence-corrected chi connectivity index (χ0v) is 10.4. The van der Waals surface area contributed by atoms with Crippen LogP contribution in [0.4, 0.5) is 0 Å². The molecule has 0 bridgehead atoms. The SMILES string of the molecule is C#C/C(C)=C\C(=C(C)C)c1cccc[n+]1C. The minimum Gasteiger partial charge on any atom is -0.201 e. The van der Waals surface area contributed by atoms with Gasteiger partial charge in [0.2, 0.25) is 5.69 Å². The molecule has 0 aliphatic carbocycles. The first-order chi connectivity index (χ1) is 7.56. The molecular weight excluding hydrogens is 194 g/mol. The van der Waals surface area contributed by atoms with E-state index in [4.69, 9.17) is 6.42 Å². The van der Waals surface area contributed by atoms with Crippen molar-refractivity contribution in [3.63, 3.8) is 0 Å². The lowest BCUT2D eigenvalue weighted by Crippen LogP contribution is -2.32. The third-order valence-corrected chi connectivity index (χ3v) is 2.46. The van der Waals surface area contributed by atoms with E-state index in [0.717, 1.165) is 5.57 Å². The van der Waals surface area contributed by atoms with Crippen LogP contribution in [0.1, 0.15) is 26.5 Å². The van der Waals surface area contributed by atoms with Gasteiger partial charge >= 0.3 is 0 Å². The molecule has 1 heteroatoms. The van der Waals surface area contributed by atoms with Crippen LogP contribution in [0.3, 0.4) is 0 Å². The fraction of sp³-hybridized carbons (Fsp3) is 0.267. The topological polar surface area (TPSA) is 3.88 Å². The first-order valence-electron chi connectivity index (χ1n) is 5.33. The second kappa shape index (κ2) is 5.32. The average molecular weight is 212 g/mol. The Morgan fingerprint density at radius 3 is 2.50 bits per heavy atom. The number of allylic oxidation sites excluding steroid dienone is 4. The maximum absolute atomic E-state index is 5.39. The van der Waals surface area contributed by atoms with Crippen molar-refractivity contribution in [3.8, 4) is 12.3 Å². The molecule has 0 amide bonds. The van der Waals surface area contributed by atoms with Gasteiger partial charge in [-0.05, 0) is 38.5 Å². The van der Waals surface area contributed by atoms with E-state index in [1.54, 1.807) is 0 Å². The minimum atomic E-state index is 0.944. The summed E-state index contributed by atoms with van der Waals surface area (Å²) in [7, 11) is 2.04. The fourth-order valence-corrected chi connectivity index (χ4v) is 1.54. The third kappa shape index (κ3) is 2.84. The van der Waals surface area contributed by atoms with Gasteiger partial charge in [-0.25, -0.2) is 4.57 Å². The summed E-state index contributed by atoms with van der Waals surface area (Å²) >= 11 is 0. The molecule has 1 aromatic rings. The van der Waals surface area contributed by atoms with Gasteiger partial charge in [0.05, 0.1) is 0 Å². The predicted molar refractivity (Wildman–Crippen MR) is 68.5 cm³/mol. The van der Waals surface area contributed by atoms with Crippen LogP contribution in [0.25, 0.3) is 5.57 Å². The van der Waals surface area contributed by atoms with E-state index in [2.05, 4.69) is 36.5 Å². The molecular formula is C15H18N+. The molecule has 1 rings (SSSR count). The molecule has 0 saturated heterocycles. The Morgan fingerprint density at radius 2 is 2.00 bits per heavy atom. The molecule has 0 fully saturated rings. The highest BCUT2D eigenvalue weighted by atomic mass is 14.9. The maximum Gasteiger partial charge on any atom is 0.212 e. The second-order valence-electron chi connectivity index (χ2n) is 4.08. The van der Waals surface area contributed by atoms with Crippen LogP contribution in [0.15, 0.2) is 41.6 Å². The lowest BCUT2D eigenvalue weighted by molar-refractivity contribution is -0.673. The van der Waals surface area contributed by atoms with E-state index < -0.39 is 0 Å². The highest BCUT2D eigenvalue weighted by Gasteiger charge is 2.10. The minimum absolute atomic E-state index is 0.944. The number of aromatic nitrogens is 1. The van der Waals surface area contributed by atoms with E-state index in [1.165, 1.54) is 16.8 Å². The zero-order valence-electron chi connectivity index (χ0n) is 10.4. The van der Waals surface area contributed by atoms with Crippen LogP contribution in [0.2, 0.25) is 0 Å². The van der Waals surface area contributed by atoms with Crippen molar-refractivity contribution in [3.05, 3.63) is 47.3 Å². The third-order valence-electron chi connectivity index (χ3n) is 2.46. The van der Waals surface area contributed by atoms with E-state index in [1.807, 2.05) is 32.3 Å². The van der Waals surface area contributed by atoms with Crippen molar-refractivity contribution in [1.82, 2.24) is 0 Å². The summed E-state index contributed by atoms with van der Waals surface area (Å²) < 4.78 is 2.10. The van der Waals surface area contributed by atoms with E-state index in [0.29, 0.717) is 0 Å². The van der Waals surface area contributed by atoms with Crippen molar-refractivity contribution < 1.29 is 4.57 Å². The monoisotopic (exact) mass is 212 g/mol. The standard InChI is InChI=1S/C15H18N/c1-6-13(4)11-14(12(2)3)15-9-7-8-10-16(15)5/h1,7-11H,2-5H3/q+1/b13-11-. The molecule has 0 aromatic carbocycles. The lowest BCUT2D eigenvalue weighted by Gasteiger charge is -2.04. The van der Waals surface area contributed by atoms with E-state index in [9.17, 15) is 0 Å². The quantitative estimate of drug-likeness (QED) is 0.403. The summed E-state index contributed by atoms with van der Waals surface area (Å²) in [6, 6.07) is 6.16. The zero-order chi connectivity index (χ0) is 12.1. The Kier molecular flexibility index (Phi) is 4.08. The molecule has 82 valence electrons. The molecule has 0 saturated carbocycles. The number of pyridine rings is 1. The fourth-order valence-electron chi connectivity index (χ4n) is 1.54. The Balaban J connectivity index is 3.34.